The van der Waals surface area contributed by atoms with E-state index in [4.69, 9.17) is 0 Å². The van der Waals surface area contributed by atoms with Gasteiger partial charge in [-0.1, -0.05) is 30.3 Å². The molecule has 1 aromatic carbocycles. The smallest absolute Gasteiger partial charge is 0.311 e. The van der Waals surface area contributed by atoms with Crippen molar-refractivity contribution in [2.45, 2.75) is 13.1 Å². The summed E-state index contributed by atoms with van der Waals surface area (Å²) in [6.45, 7) is 0.815. The van der Waals surface area contributed by atoms with Crippen LogP contribution < -0.4 is 0 Å². The zero-order valence-corrected chi connectivity index (χ0v) is 10.8. The number of urea groups is 1. The molecular formula is C14H14N4O2. The summed E-state index contributed by atoms with van der Waals surface area (Å²) in [7, 11) is 0. The summed E-state index contributed by atoms with van der Waals surface area (Å²) >= 11 is 0. The second-order valence-corrected chi connectivity index (χ2v) is 4.69. The SMILES string of the molecule is O=C1CN(Cc2ccccc2)C(=O)N1Cc1ccn[nH]1. The zero-order valence-electron chi connectivity index (χ0n) is 10.8. The van der Waals surface area contributed by atoms with E-state index in [1.54, 1.807) is 17.2 Å². The van der Waals surface area contributed by atoms with Crippen LogP contribution in [0.4, 0.5) is 4.79 Å². The van der Waals surface area contributed by atoms with E-state index in [-0.39, 0.29) is 25.0 Å². The number of nitrogens with one attached hydrogen (secondary N) is 1. The van der Waals surface area contributed by atoms with Gasteiger partial charge in [0.25, 0.3) is 5.91 Å². The van der Waals surface area contributed by atoms with E-state index in [0.29, 0.717) is 6.54 Å². The number of carbonyl (C=O) groups excluding carboxylic acids is 2. The van der Waals surface area contributed by atoms with Crippen molar-refractivity contribution in [3.63, 3.8) is 0 Å². The van der Waals surface area contributed by atoms with E-state index in [1.807, 2.05) is 30.3 Å². The van der Waals surface area contributed by atoms with Crippen molar-refractivity contribution in [1.82, 2.24) is 20.0 Å². The molecule has 0 aliphatic carbocycles. The maximum atomic E-state index is 12.2. The van der Waals surface area contributed by atoms with Crippen molar-refractivity contribution in [2.24, 2.45) is 0 Å². The van der Waals surface area contributed by atoms with Gasteiger partial charge in [0.2, 0.25) is 0 Å². The van der Waals surface area contributed by atoms with E-state index in [0.717, 1.165) is 11.3 Å². The molecule has 1 N–H and O–H groups in total. The van der Waals surface area contributed by atoms with Crippen molar-refractivity contribution in [3.05, 3.63) is 53.9 Å². The standard InChI is InChI=1S/C14H14N4O2/c19-13-10-17(8-11-4-2-1-3-5-11)14(20)18(13)9-12-6-7-15-16-12/h1-7H,8-10H2,(H,15,16). The number of hydrogen-bond acceptors (Lipinski definition) is 3. The number of aromatic amines is 1. The quantitative estimate of drug-likeness (QED) is 0.853. The Bertz CT molecular complexity index is 609. The van der Waals surface area contributed by atoms with Gasteiger partial charge in [-0.15, -0.1) is 0 Å². The molecule has 0 unspecified atom stereocenters. The molecule has 1 fully saturated rings. The van der Waals surface area contributed by atoms with Crippen LogP contribution in [0.1, 0.15) is 11.3 Å². The fourth-order valence-electron chi connectivity index (χ4n) is 2.22. The summed E-state index contributed by atoms with van der Waals surface area (Å²) in [5.74, 6) is -0.180. The maximum Gasteiger partial charge on any atom is 0.327 e. The van der Waals surface area contributed by atoms with E-state index in [9.17, 15) is 9.59 Å². The van der Waals surface area contributed by atoms with Crippen molar-refractivity contribution in [2.75, 3.05) is 6.54 Å². The lowest BCUT2D eigenvalue weighted by Crippen LogP contribution is -2.32. The average molecular weight is 270 g/mol. The topological polar surface area (TPSA) is 69.3 Å². The van der Waals surface area contributed by atoms with Crippen LogP contribution in [-0.4, -0.2) is 38.5 Å². The molecular weight excluding hydrogens is 256 g/mol. The van der Waals surface area contributed by atoms with Gasteiger partial charge in [-0.3, -0.25) is 14.8 Å². The van der Waals surface area contributed by atoms with Gasteiger partial charge < -0.3 is 4.90 Å². The highest BCUT2D eigenvalue weighted by atomic mass is 16.2. The Morgan fingerprint density at radius 1 is 1.10 bits per heavy atom. The minimum atomic E-state index is -0.256. The lowest BCUT2D eigenvalue weighted by molar-refractivity contribution is -0.125. The number of benzene rings is 1. The predicted molar refractivity (Wildman–Crippen MR) is 71.4 cm³/mol. The normalized spacial score (nSPS) is 15.2. The highest BCUT2D eigenvalue weighted by molar-refractivity contribution is 6.01. The summed E-state index contributed by atoms with van der Waals surface area (Å²) in [6.07, 6.45) is 1.60. The minimum absolute atomic E-state index is 0.127. The summed E-state index contributed by atoms with van der Waals surface area (Å²) < 4.78 is 0. The zero-order chi connectivity index (χ0) is 13.9. The molecule has 6 heteroatoms. The molecule has 6 nitrogen and oxygen atoms in total. The van der Waals surface area contributed by atoms with Crippen LogP contribution in [0.3, 0.4) is 0 Å². The molecule has 0 bridgehead atoms. The highest BCUT2D eigenvalue weighted by Gasteiger charge is 2.35. The van der Waals surface area contributed by atoms with Gasteiger partial charge in [0.1, 0.15) is 6.54 Å². The van der Waals surface area contributed by atoms with Crippen LogP contribution in [0.15, 0.2) is 42.6 Å². The number of amides is 3. The summed E-state index contributed by atoms with van der Waals surface area (Å²) in [5, 5.41) is 6.57. The molecule has 102 valence electrons. The highest BCUT2D eigenvalue weighted by Crippen LogP contribution is 2.16. The molecule has 0 saturated carbocycles. The molecule has 1 aliphatic heterocycles. The van der Waals surface area contributed by atoms with Crippen LogP contribution in [-0.2, 0) is 17.9 Å². The molecule has 3 rings (SSSR count). The van der Waals surface area contributed by atoms with Crippen LogP contribution in [0, 0.1) is 0 Å². The third kappa shape index (κ3) is 2.40. The minimum Gasteiger partial charge on any atom is -0.311 e. The Hall–Kier alpha value is -2.63. The van der Waals surface area contributed by atoms with Gasteiger partial charge in [0.05, 0.1) is 12.2 Å². The van der Waals surface area contributed by atoms with Gasteiger partial charge in [0.15, 0.2) is 0 Å². The molecule has 1 aliphatic rings. The molecule has 20 heavy (non-hydrogen) atoms. The number of aromatic nitrogens is 2. The molecule has 3 amide bonds. The van der Waals surface area contributed by atoms with Crippen LogP contribution in [0.2, 0.25) is 0 Å². The number of carbonyl (C=O) groups is 2. The molecule has 0 spiro atoms. The lowest BCUT2D eigenvalue weighted by Gasteiger charge is -2.16. The fourth-order valence-corrected chi connectivity index (χ4v) is 2.22. The Kier molecular flexibility index (Phi) is 3.20. The van der Waals surface area contributed by atoms with Crippen molar-refractivity contribution < 1.29 is 9.59 Å². The Balaban J connectivity index is 1.70. The molecule has 1 aromatic heterocycles. The van der Waals surface area contributed by atoms with Gasteiger partial charge >= 0.3 is 6.03 Å². The van der Waals surface area contributed by atoms with E-state index >= 15 is 0 Å². The molecule has 2 aromatic rings. The number of hydrogen-bond donors (Lipinski definition) is 1. The molecule has 0 radical (unpaired) electrons. The van der Waals surface area contributed by atoms with Gasteiger partial charge in [-0.2, -0.15) is 5.10 Å². The monoisotopic (exact) mass is 270 g/mol. The number of H-pyrrole nitrogens is 1. The number of nitrogens with zero attached hydrogens (tertiary/aromatic N) is 3. The largest absolute Gasteiger partial charge is 0.327 e. The molecule has 2 heterocycles. The Morgan fingerprint density at radius 2 is 1.90 bits per heavy atom. The fraction of sp³-hybridized carbons (Fsp3) is 0.214. The summed E-state index contributed by atoms with van der Waals surface area (Å²) in [4.78, 5) is 27.0. The Labute approximate surface area is 116 Å². The average Bonchev–Trinajstić information content (AvgIpc) is 3.05. The third-order valence-corrected chi connectivity index (χ3v) is 3.23. The maximum absolute atomic E-state index is 12.2. The molecule has 0 atom stereocenters. The number of rotatable bonds is 4. The predicted octanol–water partition coefficient (Wildman–Crippen LogP) is 1.37. The van der Waals surface area contributed by atoms with Crippen LogP contribution in [0.25, 0.3) is 0 Å². The van der Waals surface area contributed by atoms with E-state index in [1.165, 1.54) is 4.90 Å². The summed E-state index contributed by atoms with van der Waals surface area (Å²) in [5.41, 5.74) is 1.75. The van der Waals surface area contributed by atoms with Gasteiger partial charge in [-0.25, -0.2) is 4.79 Å². The van der Waals surface area contributed by atoms with Crippen LogP contribution in [0.5, 0.6) is 0 Å². The van der Waals surface area contributed by atoms with Gasteiger partial charge in [-0.05, 0) is 11.6 Å². The second-order valence-electron chi connectivity index (χ2n) is 4.69. The lowest BCUT2D eigenvalue weighted by atomic mass is 10.2. The first kappa shape index (κ1) is 12.4. The van der Waals surface area contributed by atoms with Crippen molar-refractivity contribution >= 4 is 11.9 Å². The first-order valence-electron chi connectivity index (χ1n) is 6.35. The van der Waals surface area contributed by atoms with E-state index in [2.05, 4.69) is 10.2 Å². The second kappa shape index (κ2) is 5.16. The number of imide groups is 1. The summed E-state index contributed by atoms with van der Waals surface area (Å²) in [6, 6.07) is 11.1. The van der Waals surface area contributed by atoms with Gasteiger partial charge in [0, 0.05) is 12.7 Å². The van der Waals surface area contributed by atoms with Crippen molar-refractivity contribution in [3.8, 4) is 0 Å². The third-order valence-electron chi connectivity index (χ3n) is 3.23. The first-order chi connectivity index (χ1) is 9.74. The molecule has 1 saturated heterocycles. The van der Waals surface area contributed by atoms with E-state index < -0.39 is 0 Å². The Morgan fingerprint density at radius 3 is 2.60 bits per heavy atom. The van der Waals surface area contributed by atoms with Crippen molar-refractivity contribution in [1.29, 1.82) is 0 Å². The van der Waals surface area contributed by atoms with Crippen LogP contribution >= 0.6 is 0 Å². The first-order valence-corrected chi connectivity index (χ1v) is 6.35.